The molecule has 208 valence electrons. The molecule has 4 aromatic carbocycles. The first-order valence-corrected chi connectivity index (χ1v) is 13.9. The van der Waals surface area contributed by atoms with Crippen molar-refractivity contribution in [2.75, 3.05) is 7.11 Å². The van der Waals surface area contributed by atoms with E-state index in [0.29, 0.717) is 44.7 Å². The Labute approximate surface area is 248 Å². The summed E-state index contributed by atoms with van der Waals surface area (Å²) in [6.07, 6.45) is 1.60. The fourth-order valence-corrected chi connectivity index (χ4v) is 4.92. The van der Waals surface area contributed by atoms with Gasteiger partial charge in [-0.25, -0.2) is 4.98 Å². The van der Waals surface area contributed by atoms with Crippen LogP contribution in [0, 0.1) is 6.92 Å². The van der Waals surface area contributed by atoms with Crippen LogP contribution in [0.4, 0.5) is 0 Å². The van der Waals surface area contributed by atoms with Gasteiger partial charge in [-0.05, 0) is 89.7 Å². The summed E-state index contributed by atoms with van der Waals surface area (Å²) in [7, 11) is 1.66. The first-order chi connectivity index (χ1) is 19.7. The van der Waals surface area contributed by atoms with Gasteiger partial charge in [-0.2, -0.15) is 9.78 Å². The molecule has 0 amide bonds. The molecule has 0 aliphatic rings. The van der Waals surface area contributed by atoms with Crippen molar-refractivity contribution in [3.63, 3.8) is 0 Å². The number of para-hydroxylation sites is 1. The van der Waals surface area contributed by atoms with Crippen molar-refractivity contribution in [2.45, 2.75) is 33.3 Å². The number of halogens is 2. The maximum atomic E-state index is 13.7. The summed E-state index contributed by atoms with van der Waals surface area (Å²) in [6.45, 7) is 6.52. The van der Waals surface area contributed by atoms with Gasteiger partial charge in [0, 0.05) is 10.6 Å². The van der Waals surface area contributed by atoms with E-state index in [1.54, 1.807) is 31.5 Å². The van der Waals surface area contributed by atoms with Crippen LogP contribution in [-0.4, -0.2) is 23.0 Å². The lowest BCUT2D eigenvalue weighted by Gasteiger charge is -2.17. The lowest BCUT2D eigenvalue weighted by atomic mass is 9.96. The quantitative estimate of drug-likeness (QED) is 0.172. The van der Waals surface area contributed by atoms with E-state index in [9.17, 15) is 4.79 Å². The minimum absolute atomic E-state index is 0.205. The molecule has 0 radical (unpaired) electrons. The smallest absolute Gasteiger partial charge is 0.282 e. The third-order valence-corrected chi connectivity index (χ3v) is 7.33. The highest BCUT2D eigenvalue weighted by Gasteiger charge is 2.18. The van der Waals surface area contributed by atoms with E-state index in [-0.39, 0.29) is 11.5 Å². The second kappa shape index (κ2) is 12.2. The van der Waals surface area contributed by atoms with Crippen molar-refractivity contribution >= 4 is 40.3 Å². The predicted molar refractivity (Wildman–Crippen MR) is 167 cm³/mol. The molecule has 8 heteroatoms. The molecule has 0 aliphatic heterocycles. The molecule has 41 heavy (non-hydrogen) atoms. The van der Waals surface area contributed by atoms with Crippen LogP contribution >= 0.6 is 23.2 Å². The molecule has 5 rings (SSSR count). The number of ether oxygens (including phenoxy) is 2. The van der Waals surface area contributed by atoms with Crippen LogP contribution in [0.15, 0.2) is 88.8 Å². The lowest BCUT2D eigenvalue weighted by Crippen LogP contribution is -2.20. The average Bonchev–Trinajstić information content (AvgIpc) is 2.96. The third-order valence-electron chi connectivity index (χ3n) is 6.78. The summed E-state index contributed by atoms with van der Waals surface area (Å²) in [4.78, 5) is 18.6. The number of hydrogen-bond acceptors (Lipinski definition) is 5. The van der Waals surface area contributed by atoms with Crippen LogP contribution in [0.1, 0.15) is 42.0 Å². The Morgan fingerprint density at radius 1 is 0.976 bits per heavy atom. The van der Waals surface area contributed by atoms with Gasteiger partial charge in [0.05, 0.1) is 29.2 Å². The van der Waals surface area contributed by atoms with Crippen molar-refractivity contribution in [3.8, 4) is 22.9 Å². The average molecular weight is 587 g/mol. The molecule has 6 nitrogen and oxygen atoms in total. The second-order valence-corrected chi connectivity index (χ2v) is 10.8. The van der Waals surface area contributed by atoms with Crippen molar-refractivity contribution < 1.29 is 9.47 Å². The standard InChI is InChI=1S/C33H29Cl2N3O3/c1-20(2)26-17-27(21(3)15-31(26)40-4)32-37-29-8-6-5-7-25(29)33(39)38(32)36-18-23-11-14-30(28(35)16-23)41-19-22-9-12-24(34)13-10-22/h5-18,20H,19H2,1-4H3. The molecule has 0 unspecified atom stereocenters. The number of aromatic nitrogens is 2. The van der Waals surface area contributed by atoms with Crippen LogP contribution in [0.2, 0.25) is 10.0 Å². The molecule has 0 spiro atoms. The number of aryl methyl sites for hydroxylation is 1. The molecule has 0 N–H and O–H groups in total. The van der Waals surface area contributed by atoms with Gasteiger partial charge in [-0.1, -0.05) is 61.3 Å². The molecule has 0 saturated carbocycles. The van der Waals surface area contributed by atoms with Gasteiger partial charge in [-0.3, -0.25) is 4.79 Å². The summed E-state index contributed by atoms with van der Waals surface area (Å²) in [5.74, 6) is 1.99. The Balaban J connectivity index is 1.53. The molecule has 0 saturated heterocycles. The number of benzene rings is 4. The highest BCUT2D eigenvalue weighted by Crippen LogP contribution is 2.34. The van der Waals surface area contributed by atoms with Gasteiger partial charge in [-0.15, -0.1) is 0 Å². The molecule has 0 bridgehead atoms. The van der Waals surface area contributed by atoms with E-state index in [2.05, 4.69) is 18.9 Å². The van der Waals surface area contributed by atoms with Gasteiger partial charge < -0.3 is 9.47 Å². The zero-order valence-electron chi connectivity index (χ0n) is 23.2. The second-order valence-electron chi connectivity index (χ2n) is 9.98. The van der Waals surface area contributed by atoms with Crippen LogP contribution in [0.5, 0.6) is 11.5 Å². The van der Waals surface area contributed by atoms with Gasteiger partial charge in [0.25, 0.3) is 5.56 Å². The summed E-state index contributed by atoms with van der Waals surface area (Å²) in [5, 5.41) is 6.18. The normalized spacial score (nSPS) is 11.5. The number of fused-ring (bicyclic) bond motifs is 1. The molecule has 0 aliphatic carbocycles. The summed E-state index contributed by atoms with van der Waals surface area (Å²) < 4.78 is 12.9. The van der Waals surface area contributed by atoms with Crippen LogP contribution < -0.4 is 15.0 Å². The highest BCUT2D eigenvalue weighted by atomic mass is 35.5. The van der Waals surface area contributed by atoms with Crippen LogP contribution in [-0.2, 0) is 6.61 Å². The van der Waals surface area contributed by atoms with Gasteiger partial charge >= 0.3 is 0 Å². The molecule has 0 atom stereocenters. The summed E-state index contributed by atoms with van der Waals surface area (Å²) in [5.41, 5.74) is 4.76. The minimum atomic E-state index is -0.267. The van der Waals surface area contributed by atoms with Crippen molar-refractivity contribution in [1.29, 1.82) is 0 Å². The largest absolute Gasteiger partial charge is 0.496 e. The zero-order valence-corrected chi connectivity index (χ0v) is 24.7. The predicted octanol–water partition coefficient (Wildman–Crippen LogP) is 8.27. The van der Waals surface area contributed by atoms with E-state index in [1.807, 2.05) is 67.6 Å². The first kappa shape index (κ1) is 28.4. The number of rotatable bonds is 8. The zero-order chi connectivity index (χ0) is 29.1. The van der Waals surface area contributed by atoms with E-state index in [0.717, 1.165) is 28.0 Å². The Hall–Kier alpha value is -4.13. The number of nitrogens with zero attached hydrogens (tertiary/aromatic N) is 3. The van der Waals surface area contributed by atoms with Gasteiger partial charge in [0.1, 0.15) is 18.1 Å². The summed E-state index contributed by atoms with van der Waals surface area (Å²) >= 11 is 12.5. The summed E-state index contributed by atoms with van der Waals surface area (Å²) in [6, 6.07) is 24.1. The lowest BCUT2D eigenvalue weighted by molar-refractivity contribution is 0.306. The highest BCUT2D eigenvalue weighted by molar-refractivity contribution is 6.32. The first-order valence-electron chi connectivity index (χ1n) is 13.2. The van der Waals surface area contributed by atoms with Crippen molar-refractivity contribution in [1.82, 2.24) is 9.66 Å². The van der Waals surface area contributed by atoms with E-state index in [1.165, 1.54) is 4.68 Å². The van der Waals surface area contributed by atoms with Crippen LogP contribution in [0.3, 0.4) is 0 Å². The maximum Gasteiger partial charge on any atom is 0.282 e. The SMILES string of the molecule is COc1cc(C)c(-c2nc3ccccc3c(=O)n2N=Cc2ccc(OCc3ccc(Cl)cc3)c(Cl)c2)cc1C(C)C. The molecule has 0 fully saturated rings. The fourth-order valence-electron chi connectivity index (χ4n) is 4.55. The number of hydrogen-bond donors (Lipinski definition) is 0. The van der Waals surface area contributed by atoms with E-state index in [4.69, 9.17) is 37.7 Å². The minimum Gasteiger partial charge on any atom is -0.496 e. The molecular weight excluding hydrogens is 557 g/mol. The monoisotopic (exact) mass is 585 g/mol. The maximum absolute atomic E-state index is 13.7. The molecular formula is C33H29Cl2N3O3. The Morgan fingerprint density at radius 3 is 2.44 bits per heavy atom. The van der Waals surface area contributed by atoms with E-state index < -0.39 is 0 Å². The van der Waals surface area contributed by atoms with Crippen molar-refractivity contribution in [3.05, 3.63) is 122 Å². The molecule has 1 heterocycles. The fraction of sp³-hybridized carbons (Fsp3) is 0.182. The van der Waals surface area contributed by atoms with Gasteiger partial charge in [0.2, 0.25) is 0 Å². The third kappa shape index (κ3) is 6.14. The topological polar surface area (TPSA) is 65.7 Å². The number of methoxy groups -OCH3 is 1. The van der Waals surface area contributed by atoms with Gasteiger partial charge in [0.15, 0.2) is 5.82 Å². The Bertz CT molecular complexity index is 1810. The van der Waals surface area contributed by atoms with Crippen molar-refractivity contribution in [2.24, 2.45) is 5.10 Å². The van der Waals surface area contributed by atoms with Crippen LogP contribution in [0.25, 0.3) is 22.3 Å². The Kier molecular flexibility index (Phi) is 8.43. The molecule has 1 aromatic heterocycles. The Morgan fingerprint density at radius 2 is 1.73 bits per heavy atom. The van der Waals surface area contributed by atoms with E-state index >= 15 is 0 Å². The molecule has 5 aromatic rings.